The van der Waals surface area contributed by atoms with E-state index in [0.717, 1.165) is 0 Å². The smallest absolute Gasteiger partial charge is 0.339 e. The molecule has 10 nitrogen and oxygen atoms in total. The lowest BCUT2D eigenvalue weighted by molar-refractivity contribution is -0.343. The second-order valence-electron chi connectivity index (χ2n) is 6.39. The first kappa shape index (κ1) is 20.4. The second-order valence-corrected chi connectivity index (χ2v) is 6.39. The summed E-state index contributed by atoms with van der Waals surface area (Å²) in [6.45, 7) is 1.37. The zero-order chi connectivity index (χ0) is 19.7. The van der Waals surface area contributed by atoms with E-state index in [0.29, 0.717) is 17.6 Å². The lowest BCUT2D eigenvalue weighted by atomic mass is 9.92. The predicted molar refractivity (Wildman–Crippen MR) is 86.9 cm³/mol. The van der Waals surface area contributed by atoms with Gasteiger partial charge in [0.05, 0.1) is 18.8 Å². The lowest BCUT2D eigenvalue weighted by Crippen LogP contribution is -2.60. The number of allylic oxidation sites excluding steroid dienone is 1. The number of carbonyl (C=O) groups is 1. The molecule has 0 spiro atoms. The van der Waals surface area contributed by atoms with Crippen molar-refractivity contribution in [3.63, 3.8) is 0 Å². The van der Waals surface area contributed by atoms with E-state index in [9.17, 15) is 25.2 Å². The molecule has 4 N–H and O–H groups in total. The Morgan fingerprint density at radius 3 is 2.52 bits per heavy atom. The summed E-state index contributed by atoms with van der Waals surface area (Å²) in [6.07, 6.45) is -7.08. The Morgan fingerprint density at radius 2 is 1.89 bits per heavy atom. The molecule has 10 heteroatoms. The number of cyclic esters (lactones) is 1. The van der Waals surface area contributed by atoms with Crippen LogP contribution in [0, 0.1) is 0 Å². The summed E-state index contributed by atoms with van der Waals surface area (Å²) < 4.78 is 27.0. The maximum Gasteiger partial charge on any atom is 0.339 e. The third-order valence-corrected chi connectivity index (χ3v) is 4.85. The van der Waals surface area contributed by atoms with Crippen LogP contribution in [0.25, 0.3) is 0 Å². The van der Waals surface area contributed by atoms with Gasteiger partial charge in [0.25, 0.3) is 0 Å². The highest BCUT2D eigenvalue weighted by molar-refractivity contribution is 5.92. The predicted octanol–water partition coefficient (Wildman–Crippen LogP) is -1.68. The van der Waals surface area contributed by atoms with Crippen LogP contribution in [0.1, 0.15) is 13.3 Å². The molecule has 1 fully saturated rings. The van der Waals surface area contributed by atoms with Gasteiger partial charge in [0.1, 0.15) is 24.4 Å². The molecule has 3 heterocycles. The number of methoxy groups -OCH3 is 1. The molecule has 0 aromatic rings. The molecule has 0 aromatic heterocycles. The monoisotopic (exact) mass is 388 g/mol. The molecule has 7 atom stereocenters. The van der Waals surface area contributed by atoms with Gasteiger partial charge in [0.2, 0.25) is 0 Å². The van der Waals surface area contributed by atoms with Crippen molar-refractivity contribution in [2.24, 2.45) is 0 Å². The summed E-state index contributed by atoms with van der Waals surface area (Å²) in [5.74, 6) is -0.534. The average molecular weight is 388 g/mol. The van der Waals surface area contributed by atoms with Crippen LogP contribution in [0.3, 0.4) is 0 Å². The molecule has 3 rings (SSSR count). The van der Waals surface area contributed by atoms with E-state index in [1.165, 1.54) is 7.11 Å². The summed E-state index contributed by atoms with van der Waals surface area (Å²) in [6, 6.07) is 0. The fourth-order valence-electron chi connectivity index (χ4n) is 3.41. The van der Waals surface area contributed by atoms with E-state index in [4.69, 9.17) is 23.7 Å². The van der Waals surface area contributed by atoms with Gasteiger partial charge in [-0.3, -0.25) is 0 Å². The van der Waals surface area contributed by atoms with Crippen molar-refractivity contribution in [2.45, 2.75) is 56.6 Å². The van der Waals surface area contributed by atoms with Crippen molar-refractivity contribution < 1.29 is 48.9 Å². The first-order chi connectivity index (χ1) is 12.9. The molecule has 0 bridgehead atoms. The Morgan fingerprint density at radius 1 is 1.15 bits per heavy atom. The third kappa shape index (κ3) is 3.67. The third-order valence-electron chi connectivity index (χ3n) is 4.85. The number of rotatable bonds is 4. The fourth-order valence-corrected chi connectivity index (χ4v) is 3.41. The first-order valence-electron chi connectivity index (χ1n) is 8.63. The van der Waals surface area contributed by atoms with Crippen LogP contribution in [-0.4, -0.2) is 90.0 Å². The minimum Gasteiger partial charge on any atom is -0.462 e. The molecule has 0 aliphatic carbocycles. The average Bonchev–Trinajstić information content (AvgIpc) is 2.67. The molecule has 3 aliphatic heterocycles. The van der Waals surface area contributed by atoms with Gasteiger partial charge in [-0.2, -0.15) is 0 Å². The number of aliphatic hydroxyl groups excluding tert-OH is 4. The summed E-state index contributed by atoms with van der Waals surface area (Å²) in [4.78, 5) is 12.1. The highest BCUT2D eigenvalue weighted by Gasteiger charge is 2.47. The molecular formula is C17H24O10. The van der Waals surface area contributed by atoms with Gasteiger partial charge in [-0.25, -0.2) is 4.79 Å². The number of hydrogen-bond acceptors (Lipinski definition) is 10. The highest BCUT2D eigenvalue weighted by atomic mass is 16.8. The molecule has 0 saturated carbocycles. The van der Waals surface area contributed by atoms with Crippen molar-refractivity contribution in [3.8, 4) is 0 Å². The maximum absolute atomic E-state index is 12.1. The van der Waals surface area contributed by atoms with Gasteiger partial charge in [0, 0.05) is 19.1 Å². The van der Waals surface area contributed by atoms with E-state index in [-0.39, 0.29) is 12.2 Å². The van der Waals surface area contributed by atoms with Crippen LogP contribution in [0.2, 0.25) is 0 Å². The molecule has 0 radical (unpaired) electrons. The molecule has 0 aromatic carbocycles. The second kappa shape index (κ2) is 8.33. The van der Waals surface area contributed by atoms with Crippen LogP contribution < -0.4 is 0 Å². The topological polar surface area (TPSA) is 144 Å². The zero-order valence-electron chi connectivity index (χ0n) is 15.0. The van der Waals surface area contributed by atoms with E-state index >= 15 is 0 Å². The minimum atomic E-state index is -1.57. The van der Waals surface area contributed by atoms with Crippen LogP contribution in [0.15, 0.2) is 22.8 Å². The summed E-state index contributed by atoms with van der Waals surface area (Å²) in [5, 5.41) is 39.3. The Labute approximate surface area is 155 Å². The van der Waals surface area contributed by atoms with Gasteiger partial charge in [-0.15, -0.1) is 0 Å². The number of ether oxygens (including phenoxy) is 5. The van der Waals surface area contributed by atoms with Crippen LogP contribution in [0.4, 0.5) is 0 Å². The number of esters is 1. The molecule has 152 valence electrons. The first-order valence-corrected chi connectivity index (χ1v) is 8.63. The molecule has 3 aliphatic rings. The van der Waals surface area contributed by atoms with Crippen molar-refractivity contribution in [2.75, 3.05) is 20.3 Å². The van der Waals surface area contributed by atoms with Crippen LogP contribution in [-0.2, 0) is 28.5 Å². The van der Waals surface area contributed by atoms with E-state index < -0.39 is 55.9 Å². The Hall–Kier alpha value is -1.37. The van der Waals surface area contributed by atoms with E-state index in [2.05, 4.69) is 0 Å². The van der Waals surface area contributed by atoms with Gasteiger partial charge in [0.15, 0.2) is 18.9 Å². The van der Waals surface area contributed by atoms with Gasteiger partial charge in [-0.05, 0) is 12.5 Å². The Bertz CT molecular complexity index is 627. The molecule has 27 heavy (non-hydrogen) atoms. The quantitative estimate of drug-likeness (QED) is 0.412. The SMILES string of the molecule is C/C=C1\C2=C(C(=O)OCC2)[C@H](OC)O[C@H]1O[C@@H]1O[C@H](CO)[C@@H](O)[C@H](O)[C@H]1O. The lowest BCUT2D eigenvalue weighted by Gasteiger charge is -2.43. The molecule has 1 saturated heterocycles. The minimum absolute atomic E-state index is 0.207. The van der Waals surface area contributed by atoms with Crippen molar-refractivity contribution >= 4 is 5.97 Å². The zero-order valence-corrected chi connectivity index (χ0v) is 15.0. The highest BCUT2D eigenvalue weighted by Crippen LogP contribution is 2.37. The standard InChI is InChI=1S/C17H24O10/c1-3-7-8-4-5-24-14(22)10(8)16(23-2)26-15(7)27-17-13(21)12(20)11(19)9(6-18)25-17/h3,9,11-13,15-21H,4-6H2,1-2H3/b7-3+/t9-,11-,12+,13-,15+,16-,17+/m1/s1. The molecular weight excluding hydrogens is 364 g/mol. The van der Waals surface area contributed by atoms with E-state index in [1.54, 1.807) is 13.0 Å². The number of carbonyl (C=O) groups excluding carboxylic acids is 1. The van der Waals surface area contributed by atoms with Gasteiger partial charge in [-0.1, -0.05) is 6.08 Å². The van der Waals surface area contributed by atoms with Crippen molar-refractivity contribution in [1.82, 2.24) is 0 Å². The summed E-state index contributed by atoms with van der Waals surface area (Å²) in [5.41, 5.74) is 1.47. The summed E-state index contributed by atoms with van der Waals surface area (Å²) in [7, 11) is 1.36. The summed E-state index contributed by atoms with van der Waals surface area (Å²) >= 11 is 0. The van der Waals surface area contributed by atoms with Crippen molar-refractivity contribution in [1.29, 1.82) is 0 Å². The normalized spacial score (nSPS) is 41.5. The van der Waals surface area contributed by atoms with Crippen molar-refractivity contribution in [3.05, 3.63) is 22.8 Å². The number of aliphatic hydroxyl groups is 4. The largest absolute Gasteiger partial charge is 0.462 e. The van der Waals surface area contributed by atoms with Gasteiger partial charge >= 0.3 is 5.97 Å². The Balaban J connectivity index is 1.85. The van der Waals surface area contributed by atoms with Crippen LogP contribution in [0.5, 0.6) is 0 Å². The number of hydrogen-bond donors (Lipinski definition) is 4. The molecule has 0 amide bonds. The molecule has 0 unspecified atom stereocenters. The van der Waals surface area contributed by atoms with E-state index in [1.807, 2.05) is 0 Å². The van der Waals surface area contributed by atoms with Crippen LogP contribution >= 0.6 is 0 Å². The Kier molecular flexibility index (Phi) is 6.28. The fraction of sp³-hybridized carbons (Fsp3) is 0.706. The van der Waals surface area contributed by atoms with Gasteiger partial charge < -0.3 is 44.1 Å². The maximum atomic E-state index is 12.1.